The third kappa shape index (κ3) is 5.22. The number of H-pyrrole nitrogens is 1. The van der Waals surface area contributed by atoms with E-state index in [0.717, 1.165) is 39.8 Å². The Bertz CT molecular complexity index is 1600. The molecule has 0 saturated heterocycles. The molecular formula is C31H28N4O3. The van der Waals surface area contributed by atoms with Gasteiger partial charge in [0, 0.05) is 16.9 Å². The monoisotopic (exact) mass is 504 g/mol. The Morgan fingerprint density at radius 1 is 0.763 bits per heavy atom. The van der Waals surface area contributed by atoms with Crippen LogP contribution in [0.1, 0.15) is 12.5 Å². The minimum absolute atomic E-state index is 0.166. The molecule has 4 aromatic carbocycles. The number of benzene rings is 4. The van der Waals surface area contributed by atoms with E-state index in [1.807, 2.05) is 110 Å². The van der Waals surface area contributed by atoms with Crippen LogP contribution < -0.4 is 20.3 Å². The van der Waals surface area contributed by atoms with Gasteiger partial charge in [-0.25, -0.2) is 4.68 Å². The van der Waals surface area contributed by atoms with Crippen molar-refractivity contribution >= 4 is 22.8 Å². The third-order valence-corrected chi connectivity index (χ3v) is 6.19. The van der Waals surface area contributed by atoms with Gasteiger partial charge >= 0.3 is 0 Å². The average molecular weight is 505 g/mol. The number of para-hydroxylation sites is 1. The van der Waals surface area contributed by atoms with Crippen LogP contribution in [0.3, 0.4) is 0 Å². The van der Waals surface area contributed by atoms with Crippen molar-refractivity contribution in [1.29, 1.82) is 0 Å². The highest BCUT2D eigenvalue weighted by atomic mass is 16.5. The van der Waals surface area contributed by atoms with E-state index in [4.69, 9.17) is 14.5 Å². The summed E-state index contributed by atoms with van der Waals surface area (Å²) in [6, 6.07) is 32.6. The summed E-state index contributed by atoms with van der Waals surface area (Å²) in [6.45, 7) is 1.86. The molecule has 0 aliphatic rings. The van der Waals surface area contributed by atoms with E-state index in [0.29, 0.717) is 17.0 Å². The number of nitrogens with zero attached hydrogens (tertiary/aromatic N) is 2. The van der Waals surface area contributed by atoms with Crippen molar-refractivity contribution < 1.29 is 9.47 Å². The second-order valence-corrected chi connectivity index (χ2v) is 8.66. The van der Waals surface area contributed by atoms with Crippen LogP contribution in [0, 0.1) is 0 Å². The van der Waals surface area contributed by atoms with E-state index < -0.39 is 0 Å². The predicted octanol–water partition coefficient (Wildman–Crippen LogP) is 6.73. The SMILES string of the molecule is COc1ccc(Nc2ccc(N=C(C)c3c(-c4ccc(OC)cc4)[nH]n(-c4ccccc4)c3=O)cc2)cc1. The van der Waals surface area contributed by atoms with Crippen molar-refractivity contribution in [3.63, 3.8) is 0 Å². The summed E-state index contributed by atoms with van der Waals surface area (Å²) >= 11 is 0. The molecule has 38 heavy (non-hydrogen) atoms. The molecule has 0 spiro atoms. The Morgan fingerprint density at radius 2 is 1.32 bits per heavy atom. The first-order valence-corrected chi connectivity index (χ1v) is 12.2. The summed E-state index contributed by atoms with van der Waals surface area (Å²) < 4.78 is 12.1. The van der Waals surface area contributed by atoms with Gasteiger partial charge in [-0.05, 0) is 91.9 Å². The van der Waals surface area contributed by atoms with Crippen LogP contribution in [0.4, 0.5) is 17.1 Å². The van der Waals surface area contributed by atoms with Crippen LogP contribution in [0.2, 0.25) is 0 Å². The predicted molar refractivity (Wildman–Crippen MR) is 153 cm³/mol. The topological polar surface area (TPSA) is 80.6 Å². The van der Waals surface area contributed by atoms with Crippen LogP contribution in [0.15, 0.2) is 113 Å². The molecule has 0 amide bonds. The molecule has 2 N–H and O–H groups in total. The van der Waals surface area contributed by atoms with Gasteiger partial charge in [-0.15, -0.1) is 0 Å². The minimum Gasteiger partial charge on any atom is -0.497 e. The van der Waals surface area contributed by atoms with E-state index >= 15 is 0 Å². The molecule has 5 aromatic rings. The van der Waals surface area contributed by atoms with Crippen LogP contribution in [-0.2, 0) is 0 Å². The lowest BCUT2D eigenvalue weighted by atomic mass is 10.0. The Balaban J connectivity index is 1.48. The van der Waals surface area contributed by atoms with Crippen molar-refractivity contribution in [1.82, 2.24) is 9.78 Å². The van der Waals surface area contributed by atoms with E-state index in [-0.39, 0.29) is 5.56 Å². The fourth-order valence-corrected chi connectivity index (χ4v) is 4.21. The van der Waals surface area contributed by atoms with Gasteiger partial charge in [0.2, 0.25) is 0 Å². The molecule has 0 aliphatic heterocycles. The number of hydrogen-bond acceptors (Lipinski definition) is 5. The number of aromatic nitrogens is 2. The summed E-state index contributed by atoms with van der Waals surface area (Å²) in [7, 11) is 3.27. The molecule has 1 heterocycles. The van der Waals surface area contributed by atoms with Crippen LogP contribution in [0.5, 0.6) is 11.5 Å². The van der Waals surface area contributed by atoms with Gasteiger partial charge in [0.05, 0.1) is 42.6 Å². The highest BCUT2D eigenvalue weighted by Gasteiger charge is 2.19. The zero-order valence-electron chi connectivity index (χ0n) is 21.4. The molecule has 0 atom stereocenters. The first kappa shape index (κ1) is 24.6. The molecule has 0 fully saturated rings. The van der Waals surface area contributed by atoms with Crippen LogP contribution in [0.25, 0.3) is 16.9 Å². The highest BCUT2D eigenvalue weighted by molar-refractivity contribution is 6.04. The van der Waals surface area contributed by atoms with Gasteiger partial charge in [0.1, 0.15) is 11.5 Å². The molecule has 7 heteroatoms. The Kier molecular flexibility index (Phi) is 7.08. The van der Waals surface area contributed by atoms with Gasteiger partial charge in [-0.1, -0.05) is 18.2 Å². The fourth-order valence-electron chi connectivity index (χ4n) is 4.21. The summed E-state index contributed by atoms with van der Waals surface area (Å²) in [5.74, 6) is 1.55. The number of aliphatic imine (C=N–C) groups is 1. The summed E-state index contributed by atoms with van der Waals surface area (Å²) in [5.41, 5.74) is 5.90. The van der Waals surface area contributed by atoms with Crippen LogP contribution in [-0.4, -0.2) is 29.7 Å². The minimum atomic E-state index is -0.166. The number of rotatable bonds is 8. The average Bonchev–Trinajstić information content (AvgIpc) is 3.32. The molecule has 0 radical (unpaired) electrons. The van der Waals surface area contributed by atoms with Gasteiger partial charge in [-0.2, -0.15) is 0 Å². The number of nitrogens with one attached hydrogen (secondary N) is 2. The van der Waals surface area contributed by atoms with E-state index in [1.54, 1.807) is 18.9 Å². The van der Waals surface area contributed by atoms with Crippen molar-refractivity contribution in [3.8, 4) is 28.4 Å². The smallest absolute Gasteiger partial charge is 0.280 e. The lowest BCUT2D eigenvalue weighted by Gasteiger charge is -2.08. The molecule has 5 rings (SSSR count). The molecule has 7 nitrogen and oxygen atoms in total. The van der Waals surface area contributed by atoms with Gasteiger partial charge in [0.15, 0.2) is 0 Å². The molecular weight excluding hydrogens is 476 g/mol. The van der Waals surface area contributed by atoms with Crippen molar-refractivity contribution in [2.24, 2.45) is 4.99 Å². The second-order valence-electron chi connectivity index (χ2n) is 8.66. The number of anilines is 2. The molecule has 0 aliphatic carbocycles. The Morgan fingerprint density at radius 3 is 1.89 bits per heavy atom. The van der Waals surface area contributed by atoms with E-state index in [2.05, 4.69) is 10.4 Å². The zero-order valence-corrected chi connectivity index (χ0v) is 21.4. The number of aromatic amines is 1. The highest BCUT2D eigenvalue weighted by Crippen LogP contribution is 2.26. The maximum absolute atomic E-state index is 13.6. The normalized spacial score (nSPS) is 11.3. The maximum Gasteiger partial charge on any atom is 0.280 e. The summed E-state index contributed by atoms with van der Waals surface area (Å²) in [6.07, 6.45) is 0. The first-order valence-electron chi connectivity index (χ1n) is 12.2. The molecule has 1 aromatic heterocycles. The van der Waals surface area contributed by atoms with Crippen LogP contribution >= 0.6 is 0 Å². The molecule has 190 valence electrons. The standard InChI is InChI=1S/C31H28N4O3/c1-21(32-23-11-13-24(14-12-23)33-25-15-19-28(38-3)20-16-25)29-30(22-9-17-27(37-2)18-10-22)34-35(31(29)36)26-7-5-4-6-8-26/h4-20,33-34H,1-3H3. The Hall–Kier alpha value is -5.04. The second kappa shape index (κ2) is 10.9. The summed E-state index contributed by atoms with van der Waals surface area (Å²) in [4.78, 5) is 18.4. The molecule has 0 bridgehead atoms. The van der Waals surface area contributed by atoms with Crippen molar-refractivity contribution in [3.05, 3.63) is 119 Å². The van der Waals surface area contributed by atoms with E-state index in [1.165, 1.54) is 0 Å². The van der Waals surface area contributed by atoms with Gasteiger partial charge in [0.25, 0.3) is 5.56 Å². The number of hydrogen-bond donors (Lipinski definition) is 2. The lowest BCUT2D eigenvalue weighted by Crippen LogP contribution is -2.19. The summed E-state index contributed by atoms with van der Waals surface area (Å²) in [5, 5.41) is 6.66. The van der Waals surface area contributed by atoms with Gasteiger partial charge in [-0.3, -0.25) is 14.9 Å². The van der Waals surface area contributed by atoms with Crippen molar-refractivity contribution in [2.45, 2.75) is 6.92 Å². The Labute approximate surface area is 221 Å². The van der Waals surface area contributed by atoms with E-state index in [9.17, 15) is 4.79 Å². The number of methoxy groups -OCH3 is 2. The third-order valence-electron chi connectivity index (χ3n) is 6.19. The molecule has 0 saturated carbocycles. The van der Waals surface area contributed by atoms with Crippen molar-refractivity contribution in [2.75, 3.05) is 19.5 Å². The van der Waals surface area contributed by atoms with Gasteiger partial charge < -0.3 is 14.8 Å². The quantitative estimate of drug-likeness (QED) is 0.230. The fraction of sp³-hybridized carbons (Fsp3) is 0.0968. The number of ether oxygens (including phenoxy) is 2. The largest absolute Gasteiger partial charge is 0.497 e. The maximum atomic E-state index is 13.6. The molecule has 0 unspecified atom stereocenters. The lowest BCUT2D eigenvalue weighted by molar-refractivity contribution is 0.415. The first-order chi connectivity index (χ1) is 18.6. The zero-order chi connectivity index (χ0) is 26.5.